The number of unbranched alkanes of at least 4 members (excludes halogenated alkanes) is 3. The van der Waals surface area contributed by atoms with Crippen LogP contribution in [0.1, 0.15) is 56.3 Å². The van der Waals surface area contributed by atoms with Crippen molar-refractivity contribution in [1.82, 2.24) is 10.9 Å². The lowest BCUT2D eigenvalue weighted by atomic mass is 10.2. The fourth-order valence-electron chi connectivity index (χ4n) is 1.99. The predicted octanol–water partition coefficient (Wildman–Crippen LogP) is 2.83. The molecule has 0 heterocycles. The van der Waals surface area contributed by atoms with Crippen molar-refractivity contribution in [3.8, 4) is 5.75 Å². The number of carbonyl (C=O) groups excluding carboxylic acids is 2. The minimum Gasteiger partial charge on any atom is -0.494 e. The van der Waals surface area contributed by atoms with Crippen LogP contribution in [0.15, 0.2) is 24.3 Å². The highest BCUT2D eigenvalue weighted by atomic mass is 16.5. The summed E-state index contributed by atoms with van der Waals surface area (Å²) >= 11 is 0. The molecule has 0 aliphatic heterocycles. The number of hydrogen-bond donors (Lipinski definition) is 2. The van der Waals surface area contributed by atoms with Crippen molar-refractivity contribution in [2.45, 2.75) is 46.0 Å². The number of ether oxygens (including phenoxy) is 2. The number of amides is 2. The van der Waals surface area contributed by atoms with E-state index in [4.69, 9.17) is 9.47 Å². The molecule has 1 aromatic carbocycles. The van der Waals surface area contributed by atoms with Crippen molar-refractivity contribution >= 4 is 11.8 Å². The van der Waals surface area contributed by atoms with E-state index in [9.17, 15) is 9.59 Å². The van der Waals surface area contributed by atoms with Gasteiger partial charge in [-0.25, -0.2) is 0 Å². The maximum Gasteiger partial charge on any atom is 0.269 e. The Hall–Kier alpha value is -2.08. The molecule has 134 valence electrons. The number of nitrogens with one attached hydrogen (secondary N) is 2. The van der Waals surface area contributed by atoms with Crippen LogP contribution in [0.4, 0.5) is 0 Å². The minimum absolute atomic E-state index is 0.207. The summed E-state index contributed by atoms with van der Waals surface area (Å²) in [6, 6.07) is 6.85. The van der Waals surface area contributed by atoms with Gasteiger partial charge in [0.2, 0.25) is 5.91 Å². The molecule has 0 saturated carbocycles. The summed E-state index contributed by atoms with van der Waals surface area (Å²) < 4.78 is 10.7. The average molecular weight is 336 g/mol. The molecular formula is C18H28N2O4. The van der Waals surface area contributed by atoms with Crippen LogP contribution in [0, 0.1) is 0 Å². The summed E-state index contributed by atoms with van der Waals surface area (Å²) in [7, 11) is 0. The van der Waals surface area contributed by atoms with Gasteiger partial charge in [0.15, 0.2) is 0 Å². The topological polar surface area (TPSA) is 76.7 Å². The zero-order valence-corrected chi connectivity index (χ0v) is 14.6. The van der Waals surface area contributed by atoms with E-state index in [1.54, 1.807) is 24.3 Å². The van der Waals surface area contributed by atoms with Gasteiger partial charge in [-0.2, -0.15) is 0 Å². The van der Waals surface area contributed by atoms with Gasteiger partial charge in [0.1, 0.15) is 5.75 Å². The van der Waals surface area contributed by atoms with Gasteiger partial charge >= 0.3 is 0 Å². The van der Waals surface area contributed by atoms with E-state index in [1.807, 2.05) is 6.92 Å². The molecule has 0 saturated heterocycles. The molecule has 0 unspecified atom stereocenters. The molecule has 2 N–H and O–H groups in total. The van der Waals surface area contributed by atoms with E-state index in [0.717, 1.165) is 12.2 Å². The third-order valence-corrected chi connectivity index (χ3v) is 3.38. The number of hydrogen-bond acceptors (Lipinski definition) is 4. The normalized spacial score (nSPS) is 10.2. The van der Waals surface area contributed by atoms with E-state index in [1.165, 1.54) is 19.3 Å². The molecule has 0 bridgehead atoms. The van der Waals surface area contributed by atoms with E-state index in [-0.39, 0.29) is 18.2 Å². The van der Waals surface area contributed by atoms with Crippen LogP contribution in [0.25, 0.3) is 0 Å². The Labute approximate surface area is 143 Å². The molecule has 24 heavy (non-hydrogen) atoms. The van der Waals surface area contributed by atoms with Crippen molar-refractivity contribution in [2.75, 3.05) is 19.8 Å². The largest absolute Gasteiger partial charge is 0.494 e. The first-order valence-corrected chi connectivity index (χ1v) is 8.57. The molecule has 0 aliphatic carbocycles. The zero-order chi connectivity index (χ0) is 17.6. The summed E-state index contributed by atoms with van der Waals surface area (Å²) in [5.41, 5.74) is 5.19. The summed E-state index contributed by atoms with van der Waals surface area (Å²) in [5.74, 6) is 0.0851. The van der Waals surface area contributed by atoms with Crippen LogP contribution < -0.4 is 15.6 Å². The van der Waals surface area contributed by atoms with Crippen molar-refractivity contribution in [2.24, 2.45) is 0 Å². The highest BCUT2D eigenvalue weighted by molar-refractivity contribution is 5.95. The standard InChI is InChI=1S/C18H28N2O4/c1-3-5-6-7-13-24-16-10-8-15(9-11-16)18(22)20-19-17(21)12-14-23-4-2/h8-11H,3-7,12-14H2,1-2H3,(H,19,21)(H,20,22). The Morgan fingerprint density at radius 1 is 0.958 bits per heavy atom. The monoisotopic (exact) mass is 336 g/mol. The molecule has 6 nitrogen and oxygen atoms in total. The first kappa shape index (κ1) is 20.0. The van der Waals surface area contributed by atoms with Gasteiger partial charge in [-0.15, -0.1) is 0 Å². The summed E-state index contributed by atoms with van der Waals surface area (Å²) in [6.45, 7) is 5.61. The summed E-state index contributed by atoms with van der Waals surface area (Å²) in [6.07, 6.45) is 4.83. The number of hydrazine groups is 1. The van der Waals surface area contributed by atoms with Crippen molar-refractivity contribution in [3.05, 3.63) is 29.8 Å². The molecule has 0 spiro atoms. The Balaban J connectivity index is 2.29. The molecule has 0 aliphatic rings. The molecule has 2 amide bonds. The van der Waals surface area contributed by atoms with Gasteiger partial charge in [-0.3, -0.25) is 20.4 Å². The lowest BCUT2D eigenvalue weighted by Crippen LogP contribution is -2.41. The van der Waals surface area contributed by atoms with Crippen molar-refractivity contribution in [1.29, 1.82) is 0 Å². The lowest BCUT2D eigenvalue weighted by molar-refractivity contribution is -0.122. The number of rotatable bonds is 11. The first-order valence-electron chi connectivity index (χ1n) is 8.57. The highest BCUT2D eigenvalue weighted by Crippen LogP contribution is 2.13. The third-order valence-electron chi connectivity index (χ3n) is 3.38. The van der Waals surface area contributed by atoms with Crippen LogP contribution >= 0.6 is 0 Å². The van der Waals surface area contributed by atoms with Gasteiger partial charge in [-0.05, 0) is 37.6 Å². The second-order valence-electron chi connectivity index (χ2n) is 5.38. The smallest absolute Gasteiger partial charge is 0.269 e. The molecule has 6 heteroatoms. The van der Waals surface area contributed by atoms with E-state index < -0.39 is 0 Å². The van der Waals surface area contributed by atoms with Gasteiger partial charge in [0, 0.05) is 12.2 Å². The maximum absolute atomic E-state index is 11.9. The highest BCUT2D eigenvalue weighted by Gasteiger charge is 2.07. The van der Waals surface area contributed by atoms with E-state index in [0.29, 0.717) is 25.4 Å². The van der Waals surface area contributed by atoms with Crippen LogP contribution in [-0.4, -0.2) is 31.6 Å². The lowest BCUT2D eigenvalue weighted by Gasteiger charge is -2.09. The van der Waals surface area contributed by atoms with Gasteiger partial charge in [-0.1, -0.05) is 26.2 Å². The van der Waals surface area contributed by atoms with Crippen LogP contribution in [0.5, 0.6) is 5.75 Å². The van der Waals surface area contributed by atoms with E-state index >= 15 is 0 Å². The summed E-state index contributed by atoms with van der Waals surface area (Å²) in [4.78, 5) is 23.4. The molecule has 1 aromatic rings. The summed E-state index contributed by atoms with van der Waals surface area (Å²) in [5, 5.41) is 0. The minimum atomic E-state index is -0.366. The molecule has 1 rings (SSSR count). The van der Waals surface area contributed by atoms with Gasteiger partial charge in [0.25, 0.3) is 5.91 Å². The van der Waals surface area contributed by atoms with Crippen molar-refractivity contribution in [3.63, 3.8) is 0 Å². The fourth-order valence-corrected chi connectivity index (χ4v) is 1.99. The fraction of sp³-hybridized carbons (Fsp3) is 0.556. The third kappa shape index (κ3) is 8.53. The molecule has 0 fully saturated rings. The van der Waals surface area contributed by atoms with Gasteiger partial charge < -0.3 is 9.47 Å². The zero-order valence-electron chi connectivity index (χ0n) is 14.6. The van der Waals surface area contributed by atoms with Crippen LogP contribution in [-0.2, 0) is 9.53 Å². The maximum atomic E-state index is 11.9. The van der Waals surface area contributed by atoms with Gasteiger partial charge in [0.05, 0.1) is 19.6 Å². The number of carbonyl (C=O) groups is 2. The van der Waals surface area contributed by atoms with Crippen molar-refractivity contribution < 1.29 is 19.1 Å². The molecular weight excluding hydrogens is 308 g/mol. The average Bonchev–Trinajstić information content (AvgIpc) is 2.60. The van der Waals surface area contributed by atoms with Crippen LogP contribution in [0.3, 0.4) is 0 Å². The quantitative estimate of drug-likeness (QED) is 0.481. The Kier molecular flexibility index (Phi) is 10.3. The SMILES string of the molecule is CCCCCCOc1ccc(C(=O)NNC(=O)CCOCC)cc1. The Morgan fingerprint density at radius 3 is 2.38 bits per heavy atom. The second-order valence-corrected chi connectivity index (χ2v) is 5.38. The molecule has 0 atom stereocenters. The second kappa shape index (κ2) is 12.4. The van der Waals surface area contributed by atoms with Crippen LogP contribution in [0.2, 0.25) is 0 Å². The Bertz CT molecular complexity index is 488. The first-order chi connectivity index (χ1) is 11.7. The predicted molar refractivity (Wildman–Crippen MR) is 92.8 cm³/mol. The van der Waals surface area contributed by atoms with E-state index in [2.05, 4.69) is 17.8 Å². The number of benzene rings is 1. The Morgan fingerprint density at radius 2 is 1.71 bits per heavy atom. The molecule has 0 radical (unpaired) electrons. The molecule has 0 aromatic heterocycles.